The minimum absolute atomic E-state index is 0.0171. The molecule has 3 fully saturated rings. The molecule has 4 aliphatic rings. The Morgan fingerprint density at radius 1 is 0.864 bits per heavy atom. The van der Waals surface area contributed by atoms with Crippen molar-refractivity contribution in [1.82, 2.24) is 4.90 Å². The second-order valence-electron chi connectivity index (χ2n) is 20.2. The smallest absolute Gasteiger partial charge is 0.332 e. The molecule has 15 atom stereocenters. The summed E-state index contributed by atoms with van der Waals surface area (Å²) in [5.74, 6) is -8.07. The predicted octanol–water partition coefficient (Wildman–Crippen LogP) is 6.57. The molecule has 4 rings (SSSR count). The van der Waals surface area contributed by atoms with Crippen molar-refractivity contribution in [3.05, 3.63) is 47.6 Å². The zero-order chi connectivity index (χ0) is 49.1. The predicted molar refractivity (Wildman–Crippen MR) is 250 cm³/mol. The summed E-state index contributed by atoms with van der Waals surface area (Å²) < 4.78 is 29.5. The molecule has 372 valence electrons. The Kier molecular flexibility index (Phi) is 20.7. The summed E-state index contributed by atoms with van der Waals surface area (Å²) in [5, 5.41) is 34.0. The Morgan fingerprint density at radius 2 is 1.58 bits per heavy atom. The molecule has 1 aliphatic carbocycles. The van der Waals surface area contributed by atoms with E-state index in [9.17, 15) is 39.3 Å². The quantitative estimate of drug-likeness (QED) is 0.147. The number of carbonyl (C=O) groups is 5. The lowest BCUT2D eigenvalue weighted by Crippen LogP contribution is -2.64. The molecule has 66 heavy (non-hydrogen) atoms. The van der Waals surface area contributed by atoms with Gasteiger partial charge in [0.05, 0.1) is 24.4 Å². The molecule has 3 heterocycles. The highest BCUT2D eigenvalue weighted by Crippen LogP contribution is 2.39. The molecule has 0 radical (unpaired) electrons. The average Bonchev–Trinajstić information content (AvgIpc) is 3.28. The summed E-state index contributed by atoms with van der Waals surface area (Å²) in [4.78, 5) is 72.6. The van der Waals surface area contributed by atoms with E-state index in [0.717, 1.165) is 12.0 Å². The van der Waals surface area contributed by atoms with Crippen molar-refractivity contribution in [1.29, 1.82) is 0 Å². The summed E-state index contributed by atoms with van der Waals surface area (Å²) in [6, 6.07) is 0. The van der Waals surface area contributed by atoms with Crippen LogP contribution in [0.1, 0.15) is 132 Å². The highest BCUT2D eigenvalue weighted by atomic mass is 16.6. The number of hydrogen-bond donors (Lipinski definition) is 3. The third kappa shape index (κ3) is 13.7. The van der Waals surface area contributed by atoms with Crippen molar-refractivity contribution in [2.45, 2.75) is 186 Å². The lowest BCUT2D eigenvalue weighted by atomic mass is 9.78. The maximum absolute atomic E-state index is 14.7. The number of cyclic esters (lactones) is 1. The van der Waals surface area contributed by atoms with Gasteiger partial charge in [-0.15, -0.1) is 0 Å². The van der Waals surface area contributed by atoms with E-state index in [4.69, 9.17) is 23.7 Å². The van der Waals surface area contributed by atoms with Gasteiger partial charge in [0, 0.05) is 58.5 Å². The van der Waals surface area contributed by atoms with E-state index in [1.165, 1.54) is 12.0 Å². The second kappa shape index (κ2) is 24.8. The molecule has 2 bridgehead atoms. The standard InChI is InChI=1S/C52H81NO13/c1-31-17-13-12-14-18-32(2)42(62-9)29-39-21-19-37(7)52(61,66-39)48(58)49(59)53-24-16-15-23-51(53,8)50(60)65-43(34(4)27-38-20-22-40(54)44(28-38)63-10)30-41(55)33(3)26-36(6)46(57)47(64-11)45(56)35(5)25-31/h12-14,17-18,26,31,33-35,37-40,42-44,46-47,54,57,61H,15-16,19-25,27-30H2,1-11H3/b14-12?,17-13+,32-18?,36-26+. The number of methoxy groups -OCH3 is 3. The molecule has 14 heteroatoms. The zero-order valence-electron chi connectivity index (χ0n) is 41.5. The summed E-state index contributed by atoms with van der Waals surface area (Å²) in [6.45, 7) is 14.3. The highest BCUT2D eigenvalue weighted by Gasteiger charge is 2.55. The lowest BCUT2D eigenvalue weighted by Gasteiger charge is -2.46. The third-order valence-electron chi connectivity index (χ3n) is 15.0. The van der Waals surface area contributed by atoms with Crippen LogP contribution in [0.2, 0.25) is 0 Å². The fourth-order valence-electron chi connectivity index (χ4n) is 10.4. The molecule has 0 aromatic heterocycles. The van der Waals surface area contributed by atoms with E-state index in [1.54, 1.807) is 48.0 Å². The highest BCUT2D eigenvalue weighted by molar-refractivity contribution is 6.39. The van der Waals surface area contributed by atoms with Gasteiger partial charge in [0.2, 0.25) is 5.79 Å². The summed E-state index contributed by atoms with van der Waals surface area (Å²) >= 11 is 0. The topological polar surface area (TPSA) is 195 Å². The molecule has 1 amide bonds. The number of aliphatic hydroxyl groups excluding tert-OH is 2. The Bertz CT molecular complexity index is 1810. The second-order valence-corrected chi connectivity index (χ2v) is 20.2. The van der Waals surface area contributed by atoms with E-state index >= 15 is 0 Å². The maximum Gasteiger partial charge on any atom is 0.332 e. The van der Waals surface area contributed by atoms with Crippen LogP contribution in [0.15, 0.2) is 47.6 Å². The zero-order valence-corrected chi connectivity index (χ0v) is 41.5. The summed E-state index contributed by atoms with van der Waals surface area (Å²) in [6.07, 6.45) is 11.0. The monoisotopic (exact) mass is 928 g/mol. The van der Waals surface area contributed by atoms with E-state index in [2.05, 4.69) is 0 Å². The Morgan fingerprint density at radius 3 is 2.24 bits per heavy atom. The van der Waals surface area contributed by atoms with Crippen molar-refractivity contribution in [2.24, 2.45) is 35.5 Å². The van der Waals surface area contributed by atoms with Gasteiger partial charge >= 0.3 is 5.97 Å². The fraction of sp³-hybridized carbons (Fsp3) is 0.750. The Balaban J connectivity index is 1.73. The number of ketones is 3. The number of amides is 1. The van der Waals surface area contributed by atoms with Crippen molar-refractivity contribution in [2.75, 3.05) is 27.9 Å². The molecule has 0 aromatic carbocycles. The number of hydrogen-bond acceptors (Lipinski definition) is 13. The van der Waals surface area contributed by atoms with Crippen molar-refractivity contribution in [3.63, 3.8) is 0 Å². The van der Waals surface area contributed by atoms with Crippen LogP contribution in [0.25, 0.3) is 0 Å². The number of aliphatic hydroxyl groups is 3. The first kappa shape index (κ1) is 55.2. The number of nitrogens with zero attached hydrogens (tertiary/aromatic N) is 1. The molecule has 0 spiro atoms. The van der Waals surface area contributed by atoms with Crippen LogP contribution in [-0.4, -0.2) is 131 Å². The first-order chi connectivity index (χ1) is 31.1. The van der Waals surface area contributed by atoms with Gasteiger partial charge in [-0.05, 0) is 114 Å². The van der Waals surface area contributed by atoms with Crippen molar-refractivity contribution in [3.8, 4) is 0 Å². The van der Waals surface area contributed by atoms with Gasteiger partial charge in [-0.3, -0.25) is 19.2 Å². The third-order valence-corrected chi connectivity index (χ3v) is 15.0. The molecule has 15 unspecified atom stereocenters. The Hall–Kier alpha value is -3.37. The number of allylic oxidation sites excluding steroid dienone is 6. The van der Waals surface area contributed by atoms with E-state index in [-0.39, 0.29) is 54.8 Å². The molecular weight excluding hydrogens is 847 g/mol. The van der Waals surface area contributed by atoms with Crippen LogP contribution in [0.3, 0.4) is 0 Å². The molecule has 2 saturated heterocycles. The van der Waals surface area contributed by atoms with Crippen molar-refractivity contribution >= 4 is 29.2 Å². The van der Waals surface area contributed by atoms with Crippen molar-refractivity contribution < 1.29 is 63.0 Å². The van der Waals surface area contributed by atoms with Crippen LogP contribution in [0.5, 0.6) is 0 Å². The normalized spacial score (nSPS) is 39.8. The number of ether oxygens (including phenoxy) is 5. The number of carbonyl (C=O) groups excluding carboxylic acids is 5. The van der Waals surface area contributed by atoms with Gasteiger partial charge in [0.15, 0.2) is 5.78 Å². The number of esters is 1. The van der Waals surface area contributed by atoms with E-state index < -0.39 is 83.4 Å². The number of rotatable bonds is 6. The number of piperidine rings is 1. The van der Waals surface area contributed by atoms with E-state index in [0.29, 0.717) is 63.4 Å². The maximum atomic E-state index is 14.7. The molecule has 0 aromatic rings. The SMILES string of the molecule is COC1CC2CCC(C)C(O)(O2)C(=O)C(=O)N2CCCCC2(C)C(=O)OC(C(C)CC2CCC(O)C(OC)C2)CC(=O)C(C)/C=C(\C)C(O)C(OC)C(=O)C(C)CC(C)/C=C/C=CC=C1C. The Labute approximate surface area is 393 Å². The minimum atomic E-state index is -2.45. The van der Waals surface area contributed by atoms with E-state index in [1.807, 2.05) is 58.1 Å². The van der Waals surface area contributed by atoms with Crippen LogP contribution in [0.4, 0.5) is 0 Å². The molecular formula is C52H81NO13. The average molecular weight is 928 g/mol. The fourth-order valence-corrected chi connectivity index (χ4v) is 10.4. The number of Topliss-reactive ketones (excluding diaryl/α,β-unsaturated/α-hetero) is 3. The molecule has 14 nitrogen and oxygen atoms in total. The van der Waals surface area contributed by atoms with Gasteiger partial charge in [-0.1, -0.05) is 71.1 Å². The van der Waals surface area contributed by atoms with Crippen LogP contribution in [-0.2, 0) is 47.7 Å². The first-order valence-electron chi connectivity index (χ1n) is 24.3. The van der Waals surface area contributed by atoms with Gasteiger partial charge in [0.25, 0.3) is 11.7 Å². The minimum Gasteiger partial charge on any atom is -0.460 e. The van der Waals surface area contributed by atoms with Gasteiger partial charge in [-0.25, -0.2) is 4.79 Å². The van der Waals surface area contributed by atoms with Crippen LogP contribution < -0.4 is 0 Å². The van der Waals surface area contributed by atoms with Crippen LogP contribution in [0, 0.1) is 35.5 Å². The molecule has 3 aliphatic heterocycles. The lowest BCUT2D eigenvalue weighted by molar-refractivity contribution is -0.266. The largest absolute Gasteiger partial charge is 0.460 e. The molecule has 3 N–H and O–H groups in total. The summed E-state index contributed by atoms with van der Waals surface area (Å²) in [7, 11) is 4.52. The van der Waals surface area contributed by atoms with Gasteiger partial charge in [0.1, 0.15) is 29.6 Å². The van der Waals surface area contributed by atoms with Crippen LogP contribution >= 0.6 is 0 Å². The number of fused-ring (bicyclic) bond motifs is 3. The molecule has 1 saturated carbocycles. The summed E-state index contributed by atoms with van der Waals surface area (Å²) in [5.41, 5.74) is -0.343. The van der Waals surface area contributed by atoms with Gasteiger partial charge < -0.3 is 43.9 Å². The van der Waals surface area contributed by atoms with Gasteiger partial charge in [-0.2, -0.15) is 0 Å². The first-order valence-corrected chi connectivity index (χ1v) is 24.3.